The monoisotopic (exact) mass is 326 g/mol. The van der Waals surface area contributed by atoms with Gasteiger partial charge in [-0.3, -0.25) is 0 Å². The average molecular weight is 327 g/mol. The molecular weight excluding hydrogens is 312 g/mol. The van der Waals surface area contributed by atoms with Gasteiger partial charge in [-0.25, -0.2) is 4.98 Å². The van der Waals surface area contributed by atoms with Gasteiger partial charge in [0.15, 0.2) is 0 Å². The van der Waals surface area contributed by atoms with Gasteiger partial charge in [-0.2, -0.15) is 16.3 Å². The van der Waals surface area contributed by atoms with E-state index in [0.717, 1.165) is 16.8 Å². The average Bonchev–Trinajstić information content (AvgIpc) is 2.87. The second-order valence-electron chi connectivity index (χ2n) is 3.84. The Morgan fingerprint density at radius 2 is 2.33 bits per heavy atom. The summed E-state index contributed by atoms with van der Waals surface area (Å²) in [6.07, 6.45) is 1.76. The van der Waals surface area contributed by atoms with Crippen molar-refractivity contribution in [3.05, 3.63) is 33.1 Å². The highest BCUT2D eigenvalue weighted by atomic mass is 79.9. The van der Waals surface area contributed by atoms with Gasteiger partial charge in [-0.1, -0.05) is 0 Å². The summed E-state index contributed by atoms with van der Waals surface area (Å²) in [4.78, 5) is 8.63. The van der Waals surface area contributed by atoms with Crippen LogP contribution in [-0.4, -0.2) is 16.5 Å². The van der Waals surface area contributed by atoms with Gasteiger partial charge in [0, 0.05) is 12.7 Å². The first-order chi connectivity index (χ1) is 8.70. The molecule has 0 radical (unpaired) electrons. The third-order valence-electron chi connectivity index (χ3n) is 2.48. The van der Waals surface area contributed by atoms with Gasteiger partial charge in [-0.05, 0) is 52.2 Å². The molecule has 0 aliphatic heterocycles. The fourth-order valence-electron chi connectivity index (χ4n) is 1.52. The molecule has 2 N–H and O–H groups in total. The molecule has 1 atom stereocenters. The van der Waals surface area contributed by atoms with Crippen molar-refractivity contribution in [3.8, 4) is 0 Å². The lowest BCUT2D eigenvalue weighted by Crippen LogP contribution is -2.10. The standard InChI is InChI=1S/C12H15BrN4S/c1-3-14-12-15-6-10(13)11(17-12)16-8(2)9-4-5-18-7-9/h4-8H,3H2,1-2H3,(H2,14,15,16,17). The summed E-state index contributed by atoms with van der Waals surface area (Å²) in [6.45, 7) is 4.94. The smallest absolute Gasteiger partial charge is 0.224 e. The molecule has 0 spiro atoms. The predicted octanol–water partition coefficient (Wildman–Crippen LogP) is 3.91. The van der Waals surface area contributed by atoms with Crippen molar-refractivity contribution >= 4 is 39.0 Å². The van der Waals surface area contributed by atoms with Crippen LogP contribution in [0.4, 0.5) is 11.8 Å². The number of thiophene rings is 1. The first-order valence-corrected chi connectivity index (χ1v) is 7.49. The Morgan fingerprint density at radius 1 is 1.50 bits per heavy atom. The van der Waals surface area contributed by atoms with Crippen LogP contribution in [0.5, 0.6) is 0 Å². The number of rotatable bonds is 5. The third kappa shape index (κ3) is 3.20. The van der Waals surface area contributed by atoms with Gasteiger partial charge in [0.1, 0.15) is 5.82 Å². The van der Waals surface area contributed by atoms with Crippen LogP contribution in [0.15, 0.2) is 27.5 Å². The van der Waals surface area contributed by atoms with E-state index >= 15 is 0 Å². The molecule has 2 aromatic heterocycles. The summed E-state index contributed by atoms with van der Waals surface area (Å²) < 4.78 is 0.867. The van der Waals surface area contributed by atoms with Gasteiger partial charge in [0.05, 0.1) is 10.5 Å². The van der Waals surface area contributed by atoms with E-state index in [2.05, 4.69) is 60.3 Å². The first-order valence-electron chi connectivity index (χ1n) is 5.75. The Kier molecular flexibility index (Phi) is 4.54. The maximum absolute atomic E-state index is 4.44. The number of nitrogens with one attached hydrogen (secondary N) is 2. The number of hydrogen-bond donors (Lipinski definition) is 2. The molecule has 0 aromatic carbocycles. The zero-order valence-electron chi connectivity index (χ0n) is 10.3. The van der Waals surface area contributed by atoms with Crippen LogP contribution in [0, 0.1) is 0 Å². The Balaban J connectivity index is 2.15. The van der Waals surface area contributed by atoms with Crippen LogP contribution in [0.1, 0.15) is 25.5 Å². The largest absolute Gasteiger partial charge is 0.362 e. The minimum Gasteiger partial charge on any atom is -0.362 e. The molecule has 18 heavy (non-hydrogen) atoms. The number of nitrogens with zero attached hydrogens (tertiary/aromatic N) is 2. The van der Waals surface area contributed by atoms with Gasteiger partial charge in [-0.15, -0.1) is 0 Å². The number of anilines is 2. The fraction of sp³-hybridized carbons (Fsp3) is 0.333. The van der Waals surface area contributed by atoms with Crippen molar-refractivity contribution in [2.45, 2.75) is 19.9 Å². The normalized spacial score (nSPS) is 12.2. The summed E-state index contributed by atoms with van der Waals surface area (Å²) in [5.41, 5.74) is 1.26. The summed E-state index contributed by atoms with van der Waals surface area (Å²) in [5.74, 6) is 1.44. The van der Waals surface area contributed by atoms with Crippen molar-refractivity contribution < 1.29 is 0 Å². The second-order valence-corrected chi connectivity index (χ2v) is 5.48. The summed E-state index contributed by atoms with van der Waals surface area (Å²) in [6, 6.07) is 2.33. The van der Waals surface area contributed by atoms with Crippen LogP contribution in [0.25, 0.3) is 0 Å². The number of halogens is 1. The van der Waals surface area contributed by atoms with E-state index in [-0.39, 0.29) is 6.04 Å². The third-order valence-corrected chi connectivity index (χ3v) is 3.76. The molecule has 0 aliphatic carbocycles. The summed E-state index contributed by atoms with van der Waals surface area (Å²) >= 11 is 5.16. The topological polar surface area (TPSA) is 49.8 Å². The zero-order chi connectivity index (χ0) is 13.0. The minimum atomic E-state index is 0.219. The van der Waals surface area contributed by atoms with E-state index in [1.54, 1.807) is 17.5 Å². The Bertz CT molecular complexity index is 501. The van der Waals surface area contributed by atoms with Crippen LogP contribution in [0.3, 0.4) is 0 Å². The van der Waals surface area contributed by atoms with Crippen molar-refractivity contribution in [1.29, 1.82) is 0 Å². The fourth-order valence-corrected chi connectivity index (χ4v) is 2.58. The van der Waals surface area contributed by atoms with Gasteiger partial charge >= 0.3 is 0 Å². The van der Waals surface area contributed by atoms with Crippen LogP contribution >= 0.6 is 27.3 Å². The Morgan fingerprint density at radius 3 is 3.00 bits per heavy atom. The molecule has 4 nitrogen and oxygen atoms in total. The first kappa shape index (κ1) is 13.3. The molecule has 0 amide bonds. The van der Waals surface area contributed by atoms with E-state index in [4.69, 9.17) is 0 Å². The van der Waals surface area contributed by atoms with Gasteiger partial charge < -0.3 is 10.6 Å². The lowest BCUT2D eigenvalue weighted by Gasteiger charge is -2.15. The van der Waals surface area contributed by atoms with E-state index < -0.39 is 0 Å². The Labute approximate surface area is 119 Å². The molecule has 1 unspecified atom stereocenters. The highest BCUT2D eigenvalue weighted by Crippen LogP contribution is 2.25. The van der Waals surface area contributed by atoms with Crippen LogP contribution in [-0.2, 0) is 0 Å². The number of aromatic nitrogens is 2. The van der Waals surface area contributed by atoms with Crippen molar-refractivity contribution in [1.82, 2.24) is 9.97 Å². The van der Waals surface area contributed by atoms with E-state index in [9.17, 15) is 0 Å². The maximum atomic E-state index is 4.44. The van der Waals surface area contributed by atoms with Gasteiger partial charge in [0.25, 0.3) is 0 Å². The molecule has 0 bridgehead atoms. The number of hydrogen-bond acceptors (Lipinski definition) is 5. The second kappa shape index (κ2) is 6.15. The molecule has 2 aromatic rings. The molecule has 0 fully saturated rings. The zero-order valence-corrected chi connectivity index (χ0v) is 12.7. The lowest BCUT2D eigenvalue weighted by molar-refractivity contribution is 0.874. The lowest BCUT2D eigenvalue weighted by atomic mass is 10.2. The SMILES string of the molecule is CCNc1ncc(Br)c(NC(C)c2ccsc2)n1. The van der Waals surface area contributed by atoms with Crippen LogP contribution < -0.4 is 10.6 Å². The molecular formula is C12H15BrN4S. The molecule has 96 valence electrons. The highest BCUT2D eigenvalue weighted by Gasteiger charge is 2.10. The highest BCUT2D eigenvalue weighted by molar-refractivity contribution is 9.10. The molecule has 0 saturated carbocycles. The van der Waals surface area contributed by atoms with E-state index in [0.29, 0.717) is 5.95 Å². The van der Waals surface area contributed by atoms with Crippen molar-refractivity contribution in [2.24, 2.45) is 0 Å². The quantitative estimate of drug-likeness (QED) is 0.874. The molecule has 2 heterocycles. The summed E-state index contributed by atoms with van der Waals surface area (Å²) in [7, 11) is 0. The van der Waals surface area contributed by atoms with Crippen LogP contribution in [0.2, 0.25) is 0 Å². The maximum Gasteiger partial charge on any atom is 0.224 e. The minimum absolute atomic E-state index is 0.219. The van der Waals surface area contributed by atoms with E-state index in [1.807, 2.05) is 6.92 Å². The van der Waals surface area contributed by atoms with Crippen molar-refractivity contribution in [2.75, 3.05) is 17.2 Å². The molecule has 0 saturated heterocycles. The molecule has 6 heteroatoms. The van der Waals surface area contributed by atoms with Gasteiger partial charge in [0.2, 0.25) is 5.95 Å². The Hall–Kier alpha value is -1.14. The summed E-state index contributed by atoms with van der Waals surface area (Å²) in [5, 5.41) is 10.7. The van der Waals surface area contributed by atoms with Crippen molar-refractivity contribution in [3.63, 3.8) is 0 Å². The predicted molar refractivity (Wildman–Crippen MR) is 80.3 cm³/mol. The van der Waals surface area contributed by atoms with E-state index in [1.165, 1.54) is 5.56 Å². The molecule has 2 rings (SSSR count). The molecule has 0 aliphatic rings.